The van der Waals surface area contributed by atoms with E-state index in [2.05, 4.69) is 11.8 Å². The van der Waals surface area contributed by atoms with Crippen LogP contribution >= 0.6 is 0 Å². The molecule has 2 N–H and O–H groups in total. The Labute approximate surface area is 111 Å². The Morgan fingerprint density at radius 2 is 2.11 bits per heavy atom. The Balaban J connectivity index is 1.97. The highest BCUT2D eigenvalue weighted by Gasteiger charge is 2.36. The van der Waals surface area contributed by atoms with Crippen molar-refractivity contribution in [2.45, 2.75) is 51.1 Å². The van der Waals surface area contributed by atoms with E-state index in [0.717, 1.165) is 19.4 Å². The van der Waals surface area contributed by atoms with Gasteiger partial charge in [0.25, 0.3) is 0 Å². The maximum atomic E-state index is 11.6. The molecule has 2 aliphatic rings. The van der Waals surface area contributed by atoms with E-state index in [1.165, 1.54) is 12.8 Å². The van der Waals surface area contributed by atoms with Crippen LogP contribution in [0.1, 0.15) is 39.5 Å². The summed E-state index contributed by atoms with van der Waals surface area (Å²) in [6.45, 7) is 5.78. The predicted octanol–water partition coefficient (Wildman–Crippen LogP) is 1.01. The standard InChI is InChI=1S/C13H26N2O2S/c1-11-4-3-5-13(14,8-11)10-15-6-7-18(16,17)9-12(15)2/h11-12H,3-10,14H2,1-2H3. The number of nitrogens with zero attached hydrogens (tertiary/aromatic N) is 1. The minimum absolute atomic E-state index is 0.104. The lowest BCUT2D eigenvalue weighted by Crippen LogP contribution is -2.58. The fourth-order valence-corrected chi connectivity index (χ4v) is 5.14. The molecule has 1 heterocycles. The first-order valence-electron chi connectivity index (χ1n) is 7.03. The highest BCUT2D eigenvalue weighted by atomic mass is 32.2. The van der Waals surface area contributed by atoms with Crippen LogP contribution in [0.5, 0.6) is 0 Å². The maximum Gasteiger partial charge on any atom is 0.153 e. The topological polar surface area (TPSA) is 63.4 Å². The van der Waals surface area contributed by atoms with Crippen molar-refractivity contribution < 1.29 is 8.42 Å². The monoisotopic (exact) mass is 274 g/mol. The van der Waals surface area contributed by atoms with Crippen LogP contribution in [0.3, 0.4) is 0 Å². The van der Waals surface area contributed by atoms with Gasteiger partial charge in [-0.15, -0.1) is 0 Å². The minimum atomic E-state index is -2.82. The number of nitrogens with two attached hydrogens (primary N) is 1. The molecule has 18 heavy (non-hydrogen) atoms. The summed E-state index contributed by atoms with van der Waals surface area (Å²) in [6, 6.07) is 0.112. The van der Waals surface area contributed by atoms with Gasteiger partial charge in [0.1, 0.15) is 0 Å². The van der Waals surface area contributed by atoms with Gasteiger partial charge in [-0.3, -0.25) is 4.90 Å². The van der Waals surface area contributed by atoms with Crippen molar-refractivity contribution in [1.29, 1.82) is 0 Å². The predicted molar refractivity (Wildman–Crippen MR) is 74.2 cm³/mol. The van der Waals surface area contributed by atoms with Crippen LogP contribution in [-0.4, -0.2) is 49.5 Å². The van der Waals surface area contributed by atoms with Crippen molar-refractivity contribution in [3.63, 3.8) is 0 Å². The van der Waals surface area contributed by atoms with Crippen LogP contribution in [0.15, 0.2) is 0 Å². The Kier molecular flexibility index (Phi) is 4.04. The summed E-state index contributed by atoms with van der Waals surface area (Å²) in [4.78, 5) is 2.28. The summed E-state index contributed by atoms with van der Waals surface area (Å²) in [5.74, 6) is 1.29. The van der Waals surface area contributed by atoms with Crippen LogP contribution < -0.4 is 5.73 Å². The zero-order valence-corrected chi connectivity index (χ0v) is 12.4. The van der Waals surface area contributed by atoms with Gasteiger partial charge in [-0.05, 0) is 25.7 Å². The second-order valence-electron chi connectivity index (χ2n) is 6.50. The van der Waals surface area contributed by atoms with E-state index in [1.807, 2.05) is 6.92 Å². The molecule has 0 spiro atoms. The molecule has 3 unspecified atom stereocenters. The average Bonchev–Trinajstić information content (AvgIpc) is 2.21. The quantitative estimate of drug-likeness (QED) is 0.816. The normalized spacial score (nSPS) is 41.7. The van der Waals surface area contributed by atoms with E-state index >= 15 is 0 Å². The number of rotatable bonds is 2. The fourth-order valence-electron chi connectivity index (χ4n) is 3.52. The molecule has 0 amide bonds. The largest absolute Gasteiger partial charge is 0.324 e. The molecular formula is C13H26N2O2S. The molecule has 4 nitrogen and oxygen atoms in total. The first-order valence-corrected chi connectivity index (χ1v) is 8.85. The second-order valence-corrected chi connectivity index (χ2v) is 8.73. The molecule has 2 fully saturated rings. The summed E-state index contributed by atoms with van der Waals surface area (Å²) in [5, 5.41) is 0. The van der Waals surface area contributed by atoms with Crippen molar-refractivity contribution in [2.75, 3.05) is 24.6 Å². The lowest BCUT2D eigenvalue weighted by atomic mass is 9.76. The van der Waals surface area contributed by atoms with Crippen LogP contribution in [0.25, 0.3) is 0 Å². The summed E-state index contributed by atoms with van der Waals surface area (Å²) >= 11 is 0. The number of sulfone groups is 1. The first kappa shape index (κ1) is 14.3. The fraction of sp³-hybridized carbons (Fsp3) is 1.00. The number of hydrogen-bond donors (Lipinski definition) is 1. The van der Waals surface area contributed by atoms with E-state index in [9.17, 15) is 8.42 Å². The number of hydrogen-bond acceptors (Lipinski definition) is 4. The Morgan fingerprint density at radius 1 is 1.39 bits per heavy atom. The Hall–Kier alpha value is -0.130. The molecule has 3 atom stereocenters. The van der Waals surface area contributed by atoms with E-state index in [0.29, 0.717) is 24.0 Å². The van der Waals surface area contributed by atoms with Gasteiger partial charge < -0.3 is 5.73 Å². The summed E-state index contributed by atoms with van der Waals surface area (Å²) in [5.41, 5.74) is 6.41. The molecular weight excluding hydrogens is 248 g/mol. The molecule has 0 aromatic carbocycles. The molecule has 1 saturated carbocycles. The van der Waals surface area contributed by atoms with Crippen LogP contribution in [0.2, 0.25) is 0 Å². The Bertz CT molecular complexity index is 396. The molecule has 0 aromatic heterocycles. The highest BCUT2D eigenvalue weighted by Crippen LogP contribution is 2.31. The van der Waals surface area contributed by atoms with E-state index in [-0.39, 0.29) is 11.6 Å². The molecule has 5 heteroatoms. The zero-order chi connectivity index (χ0) is 13.4. The van der Waals surface area contributed by atoms with Gasteiger partial charge in [0.15, 0.2) is 9.84 Å². The third-order valence-corrected chi connectivity index (χ3v) is 6.25. The third-order valence-electron chi connectivity index (χ3n) is 4.45. The van der Waals surface area contributed by atoms with Crippen molar-refractivity contribution in [1.82, 2.24) is 4.90 Å². The molecule has 1 saturated heterocycles. The van der Waals surface area contributed by atoms with Crippen LogP contribution in [0.4, 0.5) is 0 Å². The third kappa shape index (κ3) is 3.45. The van der Waals surface area contributed by atoms with E-state index < -0.39 is 9.84 Å². The maximum absolute atomic E-state index is 11.6. The molecule has 0 radical (unpaired) electrons. The van der Waals surface area contributed by atoms with Gasteiger partial charge >= 0.3 is 0 Å². The van der Waals surface area contributed by atoms with Crippen LogP contribution in [0, 0.1) is 5.92 Å². The van der Waals surface area contributed by atoms with Gasteiger partial charge in [-0.25, -0.2) is 8.42 Å². The smallest absolute Gasteiger partial charge is 0.153 e. The van der Waals surface area contributed by atoms with E-state index in [1.54, 1.807) is 0 Å². The molecule has 0 bridgehead atoms. The van der Waals surface area contributed by atoms with Crippen molar-refractivity contribution in [3.8, 4) is 0 Å². The molecule has 2 rings (SSSR count). The second kappa shape index (κ2) is 5.10. The van der Waals surface area contributed by atoms with Crippen LogP contribution in [-0.2, 0) is 9.84 Å². The lowest BCUT2D eigenvalue weighted by Gasteiger charge is -2.43. The van der Waals surface area contributed by atoms with Gasteiger partial charge in [0.05, 0.1) is 11.5 Å². The average molecular weight is 274 g/mol. The van der Waals surface area contributed by atoms with Crippen molar-refractivity contribution in [3.05, 3.63) is 0 Å². The molecule has 0 aromatic rings. The van der Waals surface area contributed by atoms with E-state index in [4.69, 9.17) is 5.73 Å². The summed E-state index contributed by atoms with van der Waals surface area (Å²) in [6.07, 6.45) is 4.64. The molecule has 1 aliphatic heterocycles. The minimum Gasteiger partial charge on any atom is -0.324 e. The molecule has 1 aliphatic carbocycles. The Morgan fingerprint density at radius 3 is 2.72 bits per heavy atom. The zero-order valence-electron chi connectivity index (χ0n) is 11.6. The van der Waals surface area contributed by atoms with Gasteiger partial charge in [0.2, 0.25) is 0 Å². The summed E-state index contributed by atoms with van der Waals surface area (Å²) < 4.78 is 23.1. The SMILES string of the molecule is CC1CCCC(N)(CN2CCS(=O)(=O)CC2C)C1. The van der Waals surface area contributed by atoms with Crippen molar-refractivity contribution >= 4 is 9.84 Å². The van der Waals surface area contributed by atoms with Gasteiger partial charge in [0, 0.05) is 24.7 Å². The van der Waals surface area contributed by atoms with Gasteiger partial charge in [-0.1, -0.05) is 19.8 Å². The van der Waals surface area contributed by atoms with Crippen molar-refractivity contribution in [2.24, 2.45) is 11.7 Å². The molecule has 106 valence electrons. The highest BCUT2D eigenvalue weighted by molar-refractivity contribution is 7.91. The van der Waals surface area contributed by atoms with Gasteiger partial charge in [-0.2, -0.15) is 0 Å². The first-order chi connectivity index (χ1) is 8.30. The summed E-state index contributed by atoms with van der Waals surface area (Å²) in [7, 11) is -2.82. The lowest BCUT2D eigenvalue weighted by molar-refractivity contribution is 0.129.